The van der Waals surface area contributed by atoms with Crippen molar-refractivity contribution in [1.82, 2.24) is 0 Å². The maximum Gasteiger partial charge on any atom is 0.333 e. The normalized spacial score (nSPS) is 24.0. The Morgan fingerprint density at radius 2 is 1.72 bits per heavy atom. The molecular formula is C31H34O12. The van der Waals surface area contributed by atoms with Crippen molar-refractivity contribution in [1.29, 1.82) is 0 Å². The second-order valence-corrected chi connectivity index (χ2v) is 10.7. The van der Waals surface area contributed by atoms with Gasteiger partial charge in [0.25, 0.3) is 0 Å². The fraction of sp³-hybridized carbons (Fsp3) is 0.355. The van der Waals surface area contributed by atoms with Gasteiger partial charge in [0.2, 0.25) is 0 Å². The van der Waals surface area contributed by atoms with Crippen molar-refractivity contribution < 1.29 is 54.4 Å². The molecule has 3 aromatic rings. The predicted octanol–water partition coefficient (Wildman–Crippen LogP) is 2.31. The van der Waals surface area contributed by atoms with Gasteiger partial charge in [0, 0.05) is 23.3 Å². The van der Waals surface area contributed by atoms with Gasteiger partial charge in [-0.05, 0) is 51.0 Å². The molecule has 2 heterocycles. The molecule has 1 aliphatic heterocycles. The molecule has 2 aromatic carbocycles. The third kappa shape index (κ3) is 6.74. The van der Waals surface area contributed by atoms with Gasteiger partial charge in [0.1, 0.15) is 65.5 Å². The standard InChI is InChI=1S/C31H34O12/c1-4-31(3,40)11-5-6-15(2)30(39)41-14-22-25(36)26(37)27(38)29(43-22)24-19(34)12-18(33)23-20(35)13-21(42-28(23)24)16-7-9-17(32)10-8-16/h4,6-10,12-13,22,25-27,29,32-34,36-38,40H,1,5,11,14H2,2-3H3/b15-6+/t22-,25-,26+,27-,29+,31+/m1/s1. The van der Waals surface area contributed by atoms with E-state index in [2.05, 4.69) is 6.58 Å². The first-order chi connectivity index (χ1) is 20.2. The number of phenolic OH excluding ortho intramolecular Hbond substituents is 3. The quantitative estimate of drug-likeness (QED) is 0.108. The summed E-state index contributed by atoms with van der Waals surface area (Å²) in [7, 11) is 0. The van der Waals surface area contributed by atoms with E-state index in [0.29, 0.717) is 18.4 Å². The van der Waals surface area contributed by atoms with Crippen LogP contribution in [0.5, 0.6) is 17.2 Å². The summed E-state index contributed by atoms with van der Waals surface area (Å²) in [5, 5.41) is 72.7. The fourth-order valence-corrected chi connectivity index (χ4v) is 4.73. The lowest BCUT2D eigenvalue weighted by Crippen LogP contribution is -2.55. The minimum absolute atomic E-state index is 0.00280. The summed E-state index contributed by atoms with van der Waals surface area (Å²) < 4.78 is 17.0. The van der Waals surface area contributed by atoms with Crippen LogP contribution in [-0.2, 0) is 14.3 Å². The Morgan fingerprint density at radius 1 is 1.05 bits per heavy atom. The van der Waals surface area contributed by atoms with Crippen LogP contribution in [0.25, 0.3) is 22.3 Å². The van der Waals surface area contributed by atoms with E-state index in [1.54, 1.807) is 13.0 Å². The van der Waals surface area contributed by atoms with Gasteiger partial charge in [-0.1, -0.05) is 12.2 Å². The molecule has 0 amide bonds. The molecule has 6 atom stereocenters. The highest BCUT2D eigenvalue weighted by molar-refractivity contribution is 5.90. The molecule has 1 saturated heterocycles. The van der Waals surface area contributed by atoms with Gasteiger partial charge in [-0.3, -0.25) is 4.79 Å². The lowest BCUT2D eigenvalue weighted by Gasteiger charge is -2.40. The smallest absolute Gasteiger partial charge is 0.333 e. The summed E-state index contributed by atoms with van der Waals surface area (Å²) >= 11 is 0. The van der Waals surface area contributed by atoms with Gasteiger partial charge in [-0.25, -0.2) is 4.79 Å². The second-order valence-electron chi connectivity index (χ2n) is 10.7. The first kappa shape index (κ1) is 31.7. The Labute approximate surface area is 246 Å². The number of phenols is 3. The van der Waals surface area contributed by atoms with Crippen LogP contribution in [-0.4, -0.2) is 78.3 Å². The summed E-state index contributed by atoms with van der Waals surface area (Å²) in [5.41, 5.74) is -1.88. The largest absolute Gasteiger partial charge is 0.508 e. The average molecular weight is 599 g/mol. The van der Waals surface area contributed by atoms with Gasteiger partial charge in [0.05, 0.1) is 11.2 Å². The molecule has 0 bridgehead atoms. The zero-order valence-corrected chi connectivity index (χ0v) is 23.5. The molecule has 1 aliphatic rings. The van der Waals surface area contributed by atoms with Crippen LogP contribution in [0.2, 0.25) is 0 Å². The third-order valence-corrected chi connectivity index (χ3v) is 7.39. The molecular weight excluding hydrogens is 564 g/mol. The number of carbonyl (C=O) groups is 1. The number of aliphatic hydroxyl groups excluding tert-OH is 3. The Hall–Kier alpha value is -4.20. The molecule has 0 aliphatic carbocycles. The maximum atomic E-state index is 13.0. The third-order valence-electron chi connectivity index (χ3n) is 7.39. The van der Waals surface area contributed by atoms with E-state index in [0.717, 1.165) is 12.1 Å². The number of rotatable bonds is 9. The van der Waals surface area contributed by atoms with Crippen LogP contribution in [0.15, 0.2) is 69.9 Å². The minimum atomic E-state index is -1.84. The van der Waals surface area contributed by atoms with Crippen molar-refractivity contribution >= 4 is 16.9 Å². The molecule has 0 radical (unpaired) electrons. The van der Waals surface area contributed by atoms with Crippen molar-refractivity contribution in [2.75, 3.05) is 6.61 Å². The van der Waals surface area contributed by atoms with E-state index < -0.39 is 65.6 Å². The molecule has 1 aromatic heterocycles. The number of benzene rings is 2. The predicted molar refractivity (Wildman–Crippen MR) is 153 cm³/mol. The highest BCUT2D eigenvalue weighted by atomic mass is 16.6. The number of ether oxygens (including phenoxy) is 2. The maximum absolute atomic E-state index is 13.0. The number of hydrogen-bond acceptors (Lipinski definition) is 12. The van der Waals surface area contributed by atoms with Crippen LogP contribution >= 0.6 is 0 Å². The summed E-state index contributed by atoms with van der Waals surface area (Å²) in [4.78, 5) is 25.6. The van der Waals surface area contributed by atoms with E-state index in [4.69, 9.17) is 13.9 Å². The zero-order chi connectivity index (χ0) is 31.6. The summed E-state index contributed by atoms with van der Waals surface area (Å²) in [6.07, 6.45) is -4.78. The first-order valence-electron chi connectivity index (χ1n) is 13.5. The lowest BCUT2D eigenvalue weighted by atomic mass is 9.89. The monoisotopic (exact) mass is 598 g/mol. The van der Waals surface area contributed by atoms with Crippen molar-refractivity contribution in [3.05, 3.63) is 76.5 Å². The molecule has 0 unspecified atom stereocenters. The van der Waals surface area contributed by atoms with Crippen molar-refractivity contribution in [2.45, 2.75) is 62.8 Å². The van der Waals surface area contributed by atoms with Gasteiger partial charge < -0.3 is 49.6 Å². The van der Waals surface area contributed by atoms with Crippen molar-refractivity contribution in [2.24, 2.45) is 0 Å². The van der Waals surface area contributed by atoms with Crippen LogP contribution in [0, 0.1) is 0 Å². The van der Waals surface area contributed by atoms with Crippen LogP contribution in [0.3, 0.4) is 0 Å². The molecule has 12 nitrogen and oxygen atoms in total. The number of hydrogen-bond donors (Lipinski definition) is 7. The summed E-state index contributed by atoms with van der Waals surface area (Å²) in [6, 6.07) is 7.62. The van der Waals surface area contributed by atoms with Crippen LogP contribution in [0.4, 0.5) is 0 Å². The van der Waals surface area contributed by atoms with Crippen molar-refractivity contribution in [3.63, 3.8) is 0 Å². The molecule has 7 N–H and O–H groups in total. The molecule has 12 heteroatoms. The number of aromatic hydroxyl groups is 3. The van der Waals surface area contributed by atoms with Gasteiger partial charge in [-0.2, -0.15) is 0 Å². The van der Waals surface area contributed by atoms with E-state index in [-0.39, 0.29) is 33.6 Å². The van der Waals surface area contributed by atoms with E-state index in [9.17, 15) is 45.3 Å². The van der Waals surface area contributed by atoms with Crippen LogP contribution in [0.1, 0.15) is 38.4 Å². The van der Waals surface area contributed by atoms with E-state index in [1.807, 2.05) is 0 Å². The zero-order valence-electron chi connectivity index (χ0n) is 23.5. The number of carbonyl (C=O) groups excluding carboxylic acids is 1. The summed E-state index contributed by atoms with van der Waals surface area (Å²) in [6.45, 7) is 6.06. The second kappa shape index (κ2) is 12.6. The minimum Gasteiger partial charge on any atom is -0.508 e. The van der Waals surface area contributed by atoms with Crippen molar-refractivity contribution in [3.8, 4) is 28.6 Å². The highest BCUT2D eigenvalue weighted by Crippen LogP contribution is 2.43. The summed E-state index contributed by atoms with van der Waals surface area (Å²) in [5.74, 6) is -2.05. The first-order valence-corrected chi connectivity index (χ1v) is 13.5. The van der Waals surface area contributed by atoms with Gasteiger partial charge in [0.15, 0.2) is 11.0 Å². The highest BCUT2D eigenvalue weighted by Gasteiger charge is 2.46. The molecule has 0 saturated carbocycles. The molecule has 43 heavy (non-hydrogen) atoms. The van der Waals surface area contributed by atoms with Gasteiger partial charge >= 0.3 is 5.97 Å². The number of allylic oxidation sites excluding steroid dienone is 1. The number of aliphatic hydroxyl groups is 4. The molecule has 4 rings (SSSR count). The Morgan fingerprint density at radius 3 is 2.37 bits per heavy atom. The topological polar surface area (TPSA) is 207 Å². The lowest BCUT2D eigenvalue weighted by molar-refractivity contribution is -0.234. The molecule has 1 fully saturated rings. The Kier molecular flexibility index (Phi) is 9.28. The SMILES string of the molecule is C=C[C@](C)(O)CC/C=C(\C)C(=O)OC[C@H]1O[C@@H](c2c(O)cc(O)c3c(=O)cc(-c4ccc(O)cc4)oc23)[C@H](O)[C@@H](O)[C@@H]1O. The van der Waals surface area contributed by atoms with Gasteiger partial charge in [-0.15, -0.1) is 6.58 Å². The van der Waals surface area contributed by atoms with E-state index >= 15 is 0 Å². The Balaban J connectivity index is 1.65. The number of esters is 1. The number of fused-ring (bicyclic) bond motifs is 1. The molecule has 230 valence electrons. The Bertz CT molecular complexity index is 1590. The van der Waals surface area contributed by atoms with Crippen LogP contribution < -0.4 is 5.43 Å². The fourth-order valence-electron chi connectivity index (χ4n) is 4.73. The molecule has 0 spiro atoms. The average Bonchev–Trinajstić information content (AvgIpc) is 2.96. The van der Waals surface area contributed by atoms with E-state index in [1.165, 1.54) is 37.3 Å².